The van der Waals surface area contributed by atoms with E-state index in [1.807, 2.05) is 5.33 Å². The molecule has 34 valence electrons. The van der Waals surface area contributed by atoms with E-state index in [0.29, 0.717) is 0 Å². The molecule has 4 nitrogen and oxygen atoms in total. The van der Waals surface area contributed by atoms with E-state index in [4.69, 9.17) is 0 Å². The quantitative estimate of drug-likeness (QED) is 0.481. The van der Waals surface area contributed by atoms with Crippen molar-refractivity contribution in [2.75, 3.05) is 0 Å². The molecule has 0 saturated heterocycles. The van der Waals surface area contributed by atoms with Gasteiger partial charge in [0.2, 0.25) is 0 Å². The van der Waals surface area contributed by atoms with E-state index in [1.54, 1.807) is 0 Å². The first-order valence-electron chi connectivity index (χ1n) is 1.38. The molecule has 0 aliphatic carbocycles. The van der Waals surface area contributed by atoms with E-state index in [1.165, 1.54) is 12.5 Å². The molecule has 6 heavy (non-hydrogen) atoms. The summed E-state index contributed by atoms with van der Waals surface area (Å²) in [5.74, 6) is 0. The summed E-state index contributed by atoms with van der Waals surface area (Å²) >= 11 is 0. The fraction of sp³-hybridized carbons (Fsp3) is 0. The molecule has 0 atom stereocenters. The maximum absolute atomic E-state index is 4.29. The van der Waals surface area contributed by atoms with Crippen LogP contribution in [0.4, 0.5) is 0 Å². The third-order valence-corrected chi connectivity index (χ3v) is 0.309. The molecule has 1 heterocycles. The van der Waals surface area contributed by atoms with Gasteiger partial charge in [-0.1, -0.05) is 0 Å². The van der Waals surface area contributed by atoms with Crippen LogP contribution in [0.3, 0.4) is 0 Å². The highest BCUT2D eigenvalue weighted by Gasteiger charge is 1.59. The van der Waals surface area contributed by atoms with E-state index in [9.17, 15) is 0 Å². The second-order valence-electron chi connectivity index (χ2n) is 0.653. The predicted molar refractivity (Wildman–Crippen MR) is 15.2 cm³/mol. The minimum Gasteiger partial charge on any atom is -0.353 e. The third kappa shape index (κ3) is 0.453. The van der Waals surface area contributed by atoms with Crippen LogP contribution >= 0.6 is 0 Å². The molecule has 0 aromatic carbocycles. The lowest BCUT2D eigenvalue weighted by Gasteiger charge is -1.74. The molecular formula is C2H3NO3. The Labute approximate surface area is 32.9 Å². The molecule has 0 aliphatic rings. The van der Waals surface area contributed by atoms with Gasteiger partial charge in [0.05, 0.1) is 0 Å². The lowest BCUT2D eigenvalue weighted by atomic mass is 11.1. The molecule has 0 saturated carbocycles. The Bertz CT molecular complexity index is 80.7. The number of hydrogen-bond donors (Lipinski definition) is 1. The van der Waals surface area contributed by atoms with Crippen LogP contribution in [0.25, 0.3) is 0 Å². The molecule has 0 bridgehead atoms. The van der Waals surface area contributed by atoms with Gasteiger partial charge in [-0.2, -0.15) is 4.68 Å². The fourth-order valence-corrected chi connectivity index (χ4v) is 0.145. The summed E-state index contributed by atoms with van der Waals surface area (Å²) in [4.78, 5) is 0. The highest BCUT2D eigenvalue weighted by atomic mass is 17.0. The van der Waals surface area contributed by atoms with Gasteiger partial charge in [-0.05, 0) is 5.33 Å². The van der Waals surface area contributed by atoms with Gasteiger partial charge in [0.1, 0.15) is 0 Å². The second-order valence-corrected chi connectivity index (χ2v) is 0.653. The molecule has 0 radical (unpaired) electrons. The van der Waals surface area contributed by atoms with Crippen molar-refractivity contribution in [1.82, 2.24) is 5.33 Å². The molecule has 1 rings (SSSR count). The largest absolute Gasteiger partial charge is 0.353 e. The second kappa shape index (κ2) is 1.40. The summed E-state index contributed by atoms with van der Waals surface area (Å²) in [5, 5.41) is 1.98. The van der Waals surface area contributed by atoms with Gasteiger partial charge in [-0.3, -0.25) is 4.58 Å². The monoisotopic (exact) mass is 89.0 g/mol. The standard InChI is InChI=1S/C2H3NO3/c1-2-5-6-3-4-1/h1-3H. The summed E-state index contributed by atoms with van der Waals surface area (Å²) in [7, 11) is 0. The van der Waals surface area contributed by atoms with Gasteiger partial charge in [-0.15, -0.1) is 0 Å². The zero-order valence-corrected chi connectivity index (χ0v) is 2.88. The van der Waals surface area contributed by atoms with Crippen molar-refractivity contribution in [3.05, 3.63) is 12.5 Å². The fourth-order valence-electron chi connectivity index (χ4n) is 0.145. The Kier molecular flexibility index (Phi) is 0.731. The minimum absolute atomic E-state index is 1.26. The van der Waals surface area contributed by atoms with Gasteiger partial charge in [-0.25, -0.2) is 0 Å². The van der Waals surface area contributed by atoms with Crippen LogP contribution in [0.5, 0.6) is 0 Å². The molecule has 1 aromatic heterocycles. The maximum Gasteiger partial charge on any atom is 0.183 e. The molecule has 0 spiro atoms. The molecule has 1 N–H and O–H groups in total. The van der Waals surface area contributed by atoms with Gasteiger partial charge < -0.3 is 4.52 Å². The predicted octanol–water partition coefficient (Wildman–Crippen LogP) is 0.918. The van der Waals surface area contributed by atoms with E-state index >= 15 is 0 Å². The summed E-state index contributed by atoms with van der Waals surface area (Å²) in [5.41, 5.74) is 0. The smallest absolute Gasteiger partial charge is 0.183 e. The van der Waals surface area contributed by atoms with Crippen LogP contribution in [-0.4, -0.2) is 5.33 Å². The van der Waals surface area contributed by atoms with Crippen molar-refractivity contribution < 1.29 is 13.8 Å². The van der Waals surface area contributed by atoms with Crippen molar-refractivity contribution in [3.63, 3.8) is 0 Å². The molecule has 0 unspecified atom stereocenters. The van der Waals surface area contributed by atoms with Crippen LogP contribution in [0.1, 0.15) is 0 Å². The van der Waals surface area contributed by atoms with Crippen molar-refractivity contribution in [2.45, 2.75) is 0 Å². The van der Waals surface area contributed by atoms with Crippen LogP contribution in [0.15, 0.2) is 26.3 Å². The molecular weight excluding hydrogens is 86.0 g/mol. The number of nitrogens with one attached hydrogen (secondary N) is 1. The summed E-state index contributed by atoms with van der Waals surface area (Å²) in [6, 6.07) is 0. The Morgan fingerprint density at radius 3 is 2.50 bits per heavy atom. The van der Waals surface area contributed by atoms with Crippen LogP contribution in [0, 0.1) is 0 Å². The van der Waals surface area contributed by atoms with Crippen molar-refractivity contribution in [2.24, 2.45) is 0 Å². The van der Waals surface area contributed by atoms with Crippen LogP contribution in [-0.2, 0) is 0 Å². The average molecular weight is 89.0 g/mol. The van der Waals surface area contributed by atoms with Crippen molar-refractivity contribution in [1.29, 1.82) is 0 Å². The summed E-state index contributed by atoms with van der Waals surface area (Å²) < 4.78 is 12.5. The minimum atomic E-state index is 1.26. The maximum atomic E-state index is 4.29. The molecule has 0 amide bonds. The SMILES string of the molecule is c1coo[nH]o1. The van der Waals surface area contributed by atoms with Gasteiger partial charge in [0.25, 0.3) is 0 Å². The Balaban J connectivity index is 3.00. The normalized spacial score (nSPS) is 8.00. The van der Waals surface area contributed by atoms with Crippen LogP contribution < -0.4 is 0 Å². The number of rotatable bonds is 0. The Hall–Kier alpha value is -1.06. The zero-order chi connectivity index (χ0) is 4.24. The number of aromatic amines is 1. The van der Waals surface area contributed by atoms with Crippen molar-refractivity contribution >= 4 is 0 Å². The zero-order valence-electron chi connectivity index (χ0n) is 2.88. The lowest BCUT2D eigenvalue weighted by Crippen LogP contribution is -1.58. The topological polar surface area (TPSA) is 55.2 Å². The summed E-state index contributed by atoms with van der Waals surface area (Å²) in [6.45, 7) is 0. The first-order valence-corrected chi connectivity index (χ1v) is 1.38. The highest BCUT2D eigenvalue weighted by molar-refractivity contribution is 4.39. The van der Waals surface area contributed by atoms with E-state index < -0.39 is 0 Å². The average Bonchev–Trinajstić information content (AvgIpc) is 1.72. The Morgan fingerprint density at radius 1 is 1.33 bits per heavy atom. The number of H-pyrrole nitrogens is 1. The van der Waals surface area contributed by atoms with Gasteiger partial charge in [0.15, 0.2) is 12.5 Å². The van der Waals surface area contributed by atoms with E-state index in [2.05, 4.69) is 13.8 Å². The van der Waals surface area contributed by atoms with Crippen molar-refractivity contribution in [3.8, 4) is 0 Å². The van der Waals surface area contributed by atoms with Gasteiger partial charge in [0, 0.05) is 0 Å². The van der Waals surface area contributed by atoms with Gasteiger partial charge >= 0.3 is 0 Å². The lowest BCUT2D eigenvalue weighted by molar-refractivity contribution is -0.0794. The third-order valence-electron chi connectivity index (χ3n) is 0.309. The molecule has 0 fully saturated rings. The molecule has 4 heteroatoms. The highest BCUT2D eigenvalue weighted by Crippen LogP contribution is 1.73. The molecule has 0 aliphatic heterocycles. The molecule has 1 aromatic rings. The first-order chi connectivity index (χ1) is 3.00. The van der Waals surface area contributed by atoms with Crippen LogP contribution in [0.2, 0.25) is 0 Å². The Morgan fingerprint density at radius 2 is 2.33 bits per heavy atom. The first kappa shape index (κ1) is 3.14. The van der Waals surface area contributed by atoms with E-state index in [-0.39, 0.29) is 0 Å². The van der Waals surface area contributed by atoms with E-state index in [0.717, 1.165) is 0 Å². The number of aromatic nitrogens is 1. The summed E-state index contributed by atoms with van der Waals surface area (Å²) in [6.07, 6.45) is 2.57. The number of hydrogen-bond acceptors (Lipinski definition) is 3.